The van der Waals surface area contributed by atoms with Crippen LogP contribution in [0.1, 0.15) is 24.8 Å². The second-order valence-corrected chi connectivity index (χ2v) is 5.85. The maximum Gasteiger partial charge on any atom is 0.308 e. The number of aryl methyl sites for hydroxylation is 1. The Balaban J connectivity index is 0.00000288. The summed E-state index contributed by atoms with van der Waals surface area (Å²) in [6.07, 6.45) is 3.80. The molecule has 1 aliphatic heterocycles. The number of methoxy groups -OCH3 is 1. The molecule has 1 N–H and O–H groups in total. The fraction of sp³-hybridized carbons (Fsp3) is 0.556. The number of carbonyl (C=O) groups excluding carboxylic acids is 1. The normalized spacial score (nSPS) is 15.6. The van der Waals surface area contributed by atoms with E-state index in [4.69, 9.17) is 4.74 Å². The molecule has 2 rings (SSSR count). The largest absolute Gasteiger partial charge is 0.469 e. The number of hydrogen-bond donors (Lipinski definition) is 1. The SMILES string of the molecule is CN=C(NCCCc1ccccc1)N1CCC(C(=O)OC)CC1.I. The minimum absolute atomic E-state index is 0. The lowest BCUT2D eigenvalue weighted by Crippen LogP contribution is -2.46. The van der Waals surface area contributed by atoms with Crippen molar-refractivity contribution < 1.29 is 9.53 Å². The minimum Gasteiger partial charge on any atom is -0.469 e. The van der Waals surface area contributed by atoms with Gasteiger partial charge in [0.1, 0.15) is 0 Å². The van der Waals surface area contributed by atoms with Crippen molar-refractivity contribution in [3.63, 3.8) is 0 Å². The van der Waals surface area contributed by atoms with Crippen LogP contribution in [0.3, 0.4) is 0 Å². The molecule has 1 aliphatic rings. The molecule has 0 amide bonds. The molecule has 5 nitrogen and oxygen atoms in total. The molecule has 0 saturated carbocycles. The second-order valence-electron chi connectivity index (χ2n) is 5.85. The number of hydrogen-bond acceptors (Lipinski definition) is 3. The van der Waals surface area contributed by atoms with Gasteiger partial charge >= 0.3 is 5.97 Å². The van der Waals surface area contributed by atoms with Gasteiger partial charge in [0, 0.05) is 26.7 Å². The predicted octanol–water partition coefficient (Wildman–Crippen LogP) is 2.70. The lowest BCUT2D eigenvalue weighted by atomic mass is 9.97. The first-order valence-corrected chi connectivity index (χ1v) is 8.32. The Morgan fingerprint density at radius 1 is 1.29 bits per heavy atom. The van der Waals surface area contributed by atoms with Crippen LogP contribution in [0, 0.1) is 5.92 Å². The number of aliphatic imine (C=N–C) groups is 1. The number of guanidine groups is 1. The van der Waals surface area contributed by atoms with Crippen LogP contribution >= 0.6 is 24.0 Å². The Labute approximate surface area is 161 Å². The molecular formula is C18H28IN3O2. The van der Waals surface area contributed by atoms with Crippen LogP contribution in [-0.4, -0.2) is 50.6 Å². The third kappa shape index (κ3) is 6.30. The van der Waals surface area contributed by atoms with Crippen molar-refractivity contribution in [3.8, 4) is 0 Å². The van der Waals surface area contributed by atoms with Crippen LogP contribution in [0.4, 0.5) is 0 Å². The van der Waals surface area contributed by atoms with E-state index in [1.807, 2.05) is 13.1 Å². The van der Waals surface area contributed by atoms with E-state index < -0.39 is 0 Å². The number of halogens is 1. The average Bonchev–Trinajstić information content (AvgIpc) is 2.62. The molecule has 0 aliphatic carbocycles. The molecule has 134 valence electrons. The Hall–Kier alpha value is -1.31. The molecule has 0 atom stereocenters. The van der Waals surface area contributed by atoms with Gasteiger partial charge < -0.3 is 15.0 Å². The fourth-order valence-electron chi connectivity index (χ4n) is 2.96. The van der Waals surface area contributed by atoms with Gasteiger partial charge in [0.15, 0.2) is 5.96 Å². The van der Waals surface area contributed by atoms with Crippen molar-refractivity contribution in [2.75, 3.05) is 33.8 Å². The van der Waals surface area contributed by atoms with Gasteiger partial charge in [0.25, 0.3) is 0 Å². The molecule has 1 saturated heterocycles. The van der Waals surface area contributed by atoms with Crippen molar-refractivity contribution in [2.45, 2.75) is 25.7 Å². The molecule has 6 heteroatoms. The van der Waals surface area contributed by atoms with E-state index in [0.717, 1.165) is 51.3 Å². The van der Waals surface area contributed by atoms with Crippen LogP contribution < -0.4 is 5.32 Å². The fourth-order valence-corrected chi connectivity index (χ4v) is 2.96. The van der Waals surface area contributed by atoms with Gasteiger partial charge in [0.2, 0.25) is 0 Å². The topological polar surface area (TPSA) is 53.9 Å². The Morgan fingerprint density at radius 2 is 1.96 bits per heavy atom. The lowest BCUT2D eigenvalue weighted by molar-refractivity contribution is -0.146. The van der Waals surface area contributed by atoms with E-state index in [2.05, 4.69) is 39.5 Å². The summed E-state index contributed by atoms with van der Waals surface area (Å²) >= 11 is 0. The second kappa shape index (κ2) is 11.3. The molecule has 1 heterocycles. The average molecular weight is 445 g/mol. The van der Waals surface area contributed by atoms with E-state index in [0.29, 0.717) is 0 Å². The maximum atomic E-state index is 11.6. The van der Waals surface area contributed by atoms with Gasteiger partial charge in [-0.05, 0) is 31.2 Å². The summed E-state index contributed by atoms with van der Waals surface area (Å²) in [5.74, 6) is 0.879. The molecule has 0 bridgehead atoms. The van der Waals surface area contributed by atoms with Crippen molar-refractivity contribution in [1.82, 2.24) is 10.2 Å². The highest BCUT2D eigenvalue weighted by atomic mass is 127. The molecular weight excluding hydrogens is 417 g/mol. The van der Waals surface area contributed by atoms with Crippen molar-refractivity contribution in [2.24, 2.45) is 10.9 Å². The number of nitrogens with one attached hydrogen (secondary N) is 1. The summed E-state index contributed by atoms with van der Waals surface area (Å²) in [5.41, 5.74) is 1.36. The Kier molecular flexibility index (Phi) is 9.75. The van der Waals surface area contributed by atoms with E-state index in [-0.39, 0.29) is 35.9 Å². The van der Waals surface area contributed by atoms with Gasteiger partial charge in [0.05, 0.1) is 13.0 Å². The van der Waals surface area contributed by atoms with E-state index >= 15 is 0 Å². The predicted molar refractivity (Wildman–Crippen MR) is 108 cm³/mol. The van der Waals surface area contributed by atoms with Gasteiger partial charge in [-0.15, -0.1) is 24.0 Å². The molecule has 0 radical (unpaired) electrons. The summed E-state index contributed by atoms with van der Waals surface area (Å²) in [6.45, 7) is 2.59. The summed E-state index contributed by atoms with van der Waals surface area (Å²) in [7, 11) is 3.27. The van der Waals surface area contributed by atoms with Crippen LogP contribution in [0.5, 0.6) is 0 Å². The zero-order chi connectivity index (χ0) is 16.5. The van der Waals surface area contributed by atoms with E-state index in [9.17, 15) is 4.79 Å². The van der Waals surface area contributed by atoms with Gasteiger partial charge in [-0.1, -0.05) is 30.3 Å². The lowest BCUT2D eigenvalue weighted by Gasteiger charge is -2.33. The van der Waals surface area contributed by atoms with Crippen LogP contribution in [-0.2, 0) is 16.0 Å². The van der Waals surface area contributed by atoms with E-state index in [1.54, 1.807) is 0 Å². The maximum absolute atomic E-state index is 11.6. The quantitative estimate of drug-likeness (QED) is 0.249. The number of benzene rings is 1. The summed E-state index contributed by atoms with van der Waals surface area (Å²) in [5, 5.41) is 3.43. The monoisotopic (exact) mass is 445 g/mol. The first-order valence-electron chi connectivity index (χ1n) is 8.32. The first-order chi connectivity index (χ1) is 11.2. The van der Waals surface area contributed by atoms with Crippen LogP contribution in [0.2, 0.25) is 0 Å². The number of piperidine rings is 1. The number of esters is 1. The van der Waals surface area contributed by atoms with Crippen LogP contribution in [0.15, 0.2) is 35.3 Å². The number of rotatable bonds is 5. The van der Waals surface area contributed by atoms with E-state index in [1.165, 1.54) is 12.7 Å². The van der Waals surface area contributed by atoms with Gasteiger partial charge in [-0.25, -0.2) is 0 Å². The molecule has 0 spiro atoms. The minimum atomic E-state index is -0.0875. The molecule has 0 unspecified atom stereocenters. The molecule has 24 heavy (non-hydrogen) atoms. The standard InChI is InChI=1S/C18H27N3O2.HI/c1-19-18(20-12-6-9-15-7-4-3-5-8-15)21-13-10-16(11-14-21)17(22)23-2;/h3-5,7-8,16H,6,9-14H2,1-2H3,(H,19,20);1H. The third-order valence-electron chi connectivity index (χ3n) is 4.31. The highest BCUT2D eigenvalue weighted by Gasteiger charge is 2.26. The zero-order valence-corrected chi connectivity index (χ0v) is 16.9. The number of nitrogens with zero attached hydrogens (tertiary/aromatic N) is 2. The van der Waals surface area contributed by atoms with Crippen molar-refractivity contribution in [3.05, 3.63) is 35.9 Å². The molecule has 1 aromatic carbocycles. The zero-order valence-electron chi connectivity index (χ0n) is 14.5. The smallest absolute Gasteiger partial charge is 0.308 e. The Morgan fingerprint density at radius 3 is 2.54 bits per heavy atom. The number of likely N-dealkylation sites (tertiary alicyclic amines) is 1. The Bertz CT molecular complexity index is 514. The van der Waals surface area contributed by atoms with Crippen molar-refractivity contribution >= 4 is 35.9 Å². The van der Waals surface area contributed by atoms with Crippen molar-refractivity contribution in [1.29, 1.82) is 0 Å². The van der Waals surface area contributed by atoms with Gasteiger partial charge in [-0.2, -0.15) is 0 Å². The highest BCUT2D eigenvalue weighted by molar-refractivity contribution is 14.0. The third-order valence-corrected chi connectivity index (χ3v) is 4.31. The molecule has 1 aromatic rings. The molecule has 0 aromatic heterocycles. The number of ether oxygens (including phenoxy) is 1. The number of carbonyl (C=O) groups is 1. The summed E-state index contributed by atoms with van der Waals surface area (Å²) < 4.78 is 4.83. The first kappa shape index (κ1) is 20.7. The van der Waals surface area contributed by atoms with Crippen LogP contribution in [0.25, 0.3) is 0 Å². The molecule has 1 fully saturated rings. The summed E-state index contributed by atoms with van der Waals surface area (Å²) in [6, 6.07) is 10.5. The van der Waals surface area contributed by atoms with Gasteiger partial charge in [-0.3, -0.25) is 9.79 Å². The summed E-state index contributed by atoms with van der Waals surface area (Å²) in [4.78, 5) is 18.2. The highest BCUT2D eigenvalue weighted by Crippen LogP contribution is 2.18.